The number of rotatable bonds is 2. The van der Waals surface area contributed by atoms with Gasteiger partial charge in [-0.15, -0.1) is 0 Å². The molecule has 0 heterocycles. The monoisotopic (exact) mass is 531 g/mol. The first-order valence-corrected chi connectivity index (χ1v) is 13.7. The number of carbonyl (C=O) groups excluding carboxylic acids is 2. The molecule has 2 fully saturated rings. The Morgan fingerprint density at radius 1 is 0.706 bits per heavy atom. The van der Waals surface area contributed by atoms with Gasteiger partial charge in [0.05, 0.1) is 10.9 Å². The number of carbonyl (C=O) groups is 2. The maximum atomic E-state index is 11.9. The molecule has 2 aromatic carbocycles. The second kappa shape index (κ2) is 18.4. The summed E-state index contributed by atoms with van der Waals surface area (Å²) in [5.74, 6) is 1.31. The van der Waals surface area contributed by atoms with Crippen LogP contribution in [0.3, 0.4) is 0 Å². The van der Waals surface area contributed by atoms with Crippen LogP contribution in [0.2, 0.25) is 0 Å². The Bertz CT molecular complexity index is 782. The van der Waals surface area contributed by atoms with E-state index in [1.54, 1.807) is 0 Å². The fourth-order valence-electron chi connectivity index (χ4n) is 3.77. The van der Waals surface area contributed by atoms with E-state index < -0.39 is 0 Å². The molecule has 4 heteroatoms. The van der Waals surface area contributed by atoms with Gasteiger partial charge in [0.1, 0.15) is 5.78 Å². The maximum Gasteiger partial charge on any atom is 0.157 e. The predicted octanol–water partition coefficient (Wildman–Crippen LogP) is 8.29. The van der Waals surface area contributed by atoms with E-state index in [0.29, 0.717) is 17.5 Å². The topological polar surface area (TPSA) is 37.4 Å². The van der Waals surface area contributed by atoms with E-state index in [1.807, 2.05) is 85.0 Å². The third kappa shape index (κ3) is 11.0. The number of ketones is 2. The lowest BCUT2D eigenvalue weighted by Gasteiger charge is -2.25. The smallest absolute Gasteiger partial charge is 0.157 e. The summed E-state index contributed by atoms with van der Waals surface area (Å²) in [6.45, 7) is 14.1. The average Bonchev–Trinajstić information content (AvgIpc) is 3.38. The number of hydrogen-bond acceptors (Lipinski definition) is 3. The highest BCUT2D eigenvalue weighted by Crippen LogP contribution is 2.28. The van der Waals surface area contributed by atoms with Crippen LogP contribution >= 0.6 is 15.9 Å². The molecule has 0 radical (unpaired) electrons. The minimum Gasteiger partial charge on any atom is -0.365 e. The normalized spacial score (nSPS) is 22.5. The van der Waals surface area contributed by atoms with Crippen molar-refractivity contribution >= 4 is 33.2 Å². The Balaban J connectivity index is 0.000000486. The molecule has 190 valence electrons. The van der Waals surface area contributed by atoms with Crippen LogP contribution in [0, 0.1) is 18.8 Å². The molecule has 4 unspecified atom stereocenters. The molecule has 0 spiro atoms. The maximum absolute atomic E-state index is 11.9. The van der Waals surface area contributed by atoms with Gasteiger partial charge < -0.3 is 4.90 Å². The summed E-state index contributed by atoms with van der Waals surface area (Å²) in [4.78, 5) is 25.0. The minimum atomic E-state index is 0.0856. The zero-order valence-electron chi connectivity index (χ0n) is 22.6. The molecular weight excluding hydrogens is 486 g/mol. The Morgan fingerprint density at radius 3 is 1.44 bits per heavy atom. The van der Waals surface area contributed by atoms with Crippen molar-refractivity contribution in [2.24, 2.45) is 11.8 Å². The van der Waals surface area contributed by atoms with Crippen molar-refractivity contribution < 1.29 is 9.59 Å². The van der Waals surface area contributed by atoms with Gasteiger partial charge in [-0.1, -0.05) is 112 Å². The number of likely N-dealkylation sites (N-methyl/N-ethyl adjacent to an activating group) is 1. The van der Waals surface area contributed by atoms with Crippen molar-refractivity contribution in [3.8, 4) is 0 Å². The zero-order chi connectivity index (χ0) is 26.1. The highest BCUT2D eigenvalue weighted by molar-refractivity contribution is 9.10. The van der Waals surface area contributed by atoms with Gasteiger partial charge in [0.25, 0.3) is 0 Å². The molecule has 3 nitrogen and oxygen atoms in total. The molecule has 0 bridgehead atoms. The highest BCUT2D eigenvalue weighted by atomic mass is 79.9. The van der Waals surface area contributed by atoms with Gasteiger partial charge in [-0.3, -0.25) is 9.59 Å². The second-order valence-electron chi connectivity index (χ2n) is 8.35. The van der Waals surface area contributed by atoms with Crippen LogP contribution in [0.15, 0.2) is 60.7 Å². The molecule has 0 saturated heterocycles. The van der Waals surface area contributed by atoms with Gasteiger partial charge in [-0.2, -0.15) is 0 Å². The van der Waals surface area contributed by atoms with Crippen molar-refractivity contribution in [2.75, 3.05) is 11.9 Å². The largest absolute Gasteiger partial charge is 0.365 e. The number of benzene rings is 2. The molecule has 34 heavy (non-hydrogen) atoms. The first-order chi connectivity index (χ1) is 16.3. The molecule has 0 N–H and O–H groups in total. The van der Waals surface area contributed by atoms with Crippen molar-refractivity contribution in [3.05, 3.63) is 66.2 Å². The van der Waals surface area contributed by atoms with E-state index in [4.69, 9.17) is 0 Å². The predicted molar refractivity (Wildman–Crippen MR) is 152 cm³/mol. The third-order valence-electron chi connectivity index (χ3n) is 5.91. The fourth-order valence-corrected chi connectivity index (χ4v) is 4.49. The zero-order valence-corrected chi connectivity index (χ0v) is 24.1. The van der Waals surface area contributed by atoms with Gasteiger partial charge in [-0.25, -0.2) is 0 Å². The lowest BCUT2D eigenvalue weighted by Crippen LogP contribution is -2.36. The van der Waals surface area contributed by atoms with Crippen LogP contribution in [-0.4, -0.2) is 29.5 Å². The minimum absolute atomic E-state index is 0.0856. The molecular formula is C30H46BrNO2. The van der Waals surface area contributed by atoms with Crippen molar-refractivity contribution in [1.29, 1.82) is 0 Å². The molecule has 2 aliphatic carbocycles. The van der Waals surface area contributed by atoms with Crippen LogP contribution in [0.1, 0.15) is 72.8 Å². The molecule has 4 atom stereocenters. The van der Waals surface area contributed by atoms with E-state index in [-0.39, 0.29) is 16.8 Å². The first-order valence-electron chi connectivity index (χ1n) is 12.8. The number of para-hydroxylation sites is 1. The number of nitrogens with zero attached hydrogens (tertiary/aromatic N) is 1. The third-order valence-corrected chi connectivity index (χ3v) is 6.82. The summed E-state index contributed by atoms with van der Waals surface area (Å²) in [5, 5.41) is 0. The van der Waals surface area contributed by atoms with Gasteiger partial charge in [0.2, 0.25) is 0 Å². The summed E-state index contributed by atoms with van der Waals surface area (Å²) < 4.78 is 0. The van der Waals surface area contributed by atoms with Gasteiger partial charge in [-0.05, 0) is 44.7 Å². The summed E-state index contributed by atoms with van der Waals surface area (Å²) >= 11 is 3.29. The highest BCUT2D eigenvalue weighted by Gasteiger charge is 2.33. The molecule has 2 aromatic rings. The van der Waals surface area contributed by atoms with Crippen molar-refractivity contribution in [3.63, 3.8) is 0 Å². The van der Waals surface area contributed by atoms with Crippen molar-refractivity contribution in [1.82, 2.24) is 0 Å². The van der Waals surface area contributed by atoms with Gasteiger partial charge in [0.15, 0.2) is 5.78 Å². The Hall–Kier alpha value is -1.94. The van der Waals surface area contributed by atoms with E-state index in [0.717, 1.165) is 31.4 Å². The number of halogens is 1. The van der Waals surface area contributed by atoms with E-state index in [2.05, 4.69) is 52.0 Å². The van der Waals surface area contributed by atoms with Crippen LogP contribution in [0.25, 0.3) is 0 Å². The van der Waals surface area contributed by atoms with Gasteiger partial charge >= 0.3 is 0 Å². The fraction of sp³-hybridized carbons (Fsp3) is 0.533. The first kappa shape index (κ1) is 32.1. The van der Waals surface area contributed by atoms with E-state index >= 15 is 0 Å². The number of hydrogen-bond donors (Lipinski definition) is 0. The SMILES string of the molecule is CC.CC.CC1CCC(Br)C1=O.CC1CCC(N(C)c2ccccc2)C1=O.Cc1ccccc1. The van der Waals surface area contributed by atoms with Crippen LogP contribution in [-0.2, 0) is 9.59 Å². The van der Waals surface area contributed by atoms with Crippen LogP contribution < -0.4 is 4.90 Å². The molecule has 4 rings (SSSR count). The quantitative estimate of drug-likeness (QED) is 0.365. The summed E-state index contributed by atoms with van der Waals surface area (Å²) in [5.41, 5.74) is 2.45. The summed E-state index contributed by atoms with van der Waals surface area (Å²) in [6, 6.07) is 20.5. The summed E-state index contributed by atoms with van der Waals surface area (Å²) in [7, 11) is 2.01. The van der Waals surface area contributed by atoms with Gasteiger partial charge in [0, 0.05) is 24.6 Å². The second-order valence-corrected chi connectivity index (χ2v) is 9.45. The van der Waals surface area contributed by atoms with Crippen LogP contribution in [0.5, 0.6) is 0 Å². The number of Topliss-reactive ketones (excluding diaryl/α,β-unsaturated/α-hetero) is 2. The summed E-state index contributed by atoms with van der Waals surface area (Å²) in [6.07, 6.45) is 4.11. The molecule has 0 aliphatic heterocycles. The Labute approximate surface area is 217 Å². The number of anilines is 1. The van der Waals surface area contributed by atoms with E-state index in [1.165, 1.54) is 5.56 Å². The van der Waals surface area contributed by atoms with Crippen molar-refractivity contribution in [2.45, 2.75) is 85.0 Å². The standard InChI is InChI=1S/C13H17NO.C7H8.C6H9BrO.2C2H6/c1-10-8-9-12(13(10)15)14(2)11-6-4-3-5-7-11;1-7-5-3-2-4-6-7;1-4-2-3-5(7)6(4)8;2*1-2/h3-7,10,12H,8-9H2,1-2H3;2-6H,1H3;4-5H,2-3H2,1H3;2*1-2H3. The van der Waals surface area contributed by atoms with E-state index in [9.17, 15) is 9.59 Å². The molecule has 2 saturated carbocycles. The molecule has 2 aliphatic rings. The van der Waals surface area contributed by atoms with Crippen LogP contribution in [0.4, 0.5) is 5.69 Å². The number of aryl methyl sites for hydroxylation is 1. The average molecular weight is 533 g/mol. The lowest BCUT2D eigenvalue weighted by atomic mass is 10.1. The molecule has 0 amide bonds. The lowest BCUT2D eigenvalue weighted by molar-refractivity contribution is -0.121. The Kier molecular flexibility index (Phi) is 17.3. The molecule has 0 aromatic heterocycles. The Morgan fingerprint density at radius 2 is 1.15 bits per heavy atom. The number of alkyl halides is 1.